The largest absolute Gasteiger partial charge is 0.460 e. The Kier molecular flexibility index (Phi) is 4.97. The third-order valence-electron chi connectivity index (χ3n) is 4.45. The van der Waals surface area contributed by atoms with Gasteiger partial charge >= 0.3 is 6.01 Å². The normalized spacial score (nSPS) is 26.8. The van der Waals surface area contributed by atoms with E-state index in [2.05, 4.69) is 30.7 Å². The molecule has 4 heteroatoms. The zero-order valence-electron chi connectivity index (χ0n) is 13.0. The molecule has 1 N–H and O–H groups in total. The third-order valence-corrected chi connectivity index (χ3v) is 4.45. The molecule has 20 heavy (non-hydrogen) atoms. The molecule has 1 aromatic rings. The van der Waals surface area contributed by atoms with Crippen molar-refractivity contribution in [3.05, 3.63) is 17.5 Å². The number of rotatable bonds is 4. The van der Waals surface area contributed by atoms with Crippen LogP contribution in [-0.2, 0) is 6.61 Å². The molecule has 3 atom stereocenters. The zero-order valence-corrected chi connectivity index (χ0v) is 13.0. The van der Waals surface area contributed by atoms with E-state index in [9.17, 15) is 0 Å². The lowest BCUT2D eigenvalue weighted by atomic mass is 9.75. The molecule has 0 spiro atoms. The molecule has 3 unspecified atom stereocenters. The summed E-state index contributed by atoms with van der Waals surface area (Å²) in [5.41, 5.74) is 1.55. The highest BCUT2D eigenvalue weighted by atomic mass is 16.5. The van der Waals surface area contributed by atoms with E-state index in [1.54, 1.807) is 6.20 Å². The Hall–Kier alpha value is -1.16. The van der Waals surface area contributed by atoms with Gasteiger partial charge in [-0.05, 0) is 37.5 Å². The molecule has 1 fully saturated rings. The van der Waals surface area contributed by atoms with Crippen LogP contribution in [0.2, 0.25) is 0 Å². The second-order valence-corrected chi connectivity index (χ2v) is 6.40. The lowest BCUT2D eigenvalue weighted by molar-refractivity contribution is 0.0387. The van der Waals surface area contributed by atoms with Crippen LogP contribution >= 0.6 is 0 Å². The van der Waals surface area contributed by atoms with Crippen molar-refractivity contribution in [2.24, 2.45) is 17.8 Å². The number of aryl methyl sites for hydroxylation is 1. The quantitative estimate of drug-likeness (QED) is 0.919. The highest BCUT2D eigenvalue weighted by Crippen LogP contribution is 2.35. The molecular formula is C16H26N2O2. The van der Waals surface area contributed by atoms with Crippen LogP contribution in [0.25, 0.3) is 0 Å². The minimum Gasteiger partial charge on any atom is -0.460 e. The van der Waals surface area contributed by atoms with Crippen LogP contribution in [0.5, 0.6) is 6.01 Å². The van der Waals surface area contributed by atoms with Gasteiger partial charge in [0.25, 0.3) is 0 Å². The summed E-state index contributed by atoms with van der Waals surface area (Å²) in [6.45, 7) is 8.66. The summed E-state index contributed by atoms with van der Waals surface area (Å²) in [6, 6.07) is 0.449. The first kappa shape index (κ1) is 15.2. The lowest BCUT2D eigenvalue weighted by Crippen LogP contribution is -2.36. The van der Waals surface area contributed by atoms with Crippen LogP contribution in [0.4, 0.5) is 0 Å². The molecule has 112 valence electrons. The van der Waals surface area contributed by atoms with Gasteiger partial charge in [-0.2, -0.15) is 0 Å². The van der Waals surface area contributed by atoms with Crippen molar-refractivity contribution in [3.8, 4) is 6.01 Å². The van der Waals surface area contributed by atoms with E-state index in [0.29, 0.717) is 23.8 Å². The fourth-order valence-electron chi connectivity index (χ4n) is 3.07. The first-order valence-corrected chi connectivity index (χ1v) is 7.61. The summed E-state index contributed by atoms with van der Waals surface area (Å²) in [7, 11) is 0. The van der Waals surface area contributed by atoms with Crippen LogP contribution in [0.15, 0.2) is 6.20 Å². The average Bonchev–Trinajstić information content (AvgIpc) is 2.38. The summed E-state index contributed by atoms with van der Waals surface area (Å²) in [5, 5.41) is 9.16. The maximum absolute atomic E-state index is 9.16. The van der Waals surface area contributed by atoms with Crippen molar-refractivity contribution in [1.82, 2.24) is 9.97 Å². The highest BCUT2D eigenvalue weighted by molar-refractivity contribution is 5.16. The number of ether oxygens (including phenoxy) is 1. The second-order valence-electron chi connectivity index (χ2n) is 6.40. The molecular weight excluding hydrogens is 252 g/mol. The second kappa shape index (κ2) is 6.53. The van der Waals surface area contributed by atoms with Gasteiger partial charge in [-0.1, -0.05) is 27.2 Å². The van der Waals surface area contributed by atoms with Gasteiger partial charge in [0.1, 0.15) is 6.10 Å². The average molecular weight is 278 g/mol. The summed E-state index contributed by atoms with van der Waals surface area (Å²) in [4.78, 5) is 8.59. The lowest BCUT2D eigenvalue weighted by Gasteiger charge is -2.36. The maximum Gasteiger partial charge on any atom is 0.316 e. The number of aromatic nitrogens is 2. The monoisotopic (exact) mass is 278 g/mol. The van der Waals surface area contributed by atoms with Gasteiger partial charge in [0, 0.05) is 11.8 Å². The molecule has 1 heterocycles. The van der Waals surface area contributed by atoms with Crippen molar-refractivity contribution < 1.29 is 9.84 Å². The molecule has 4 nitrogen and oxygen atoms in total. The van der Waals surface area contributed by atoms with E-state index in [1.807, 2.05) is 6.92 Å². The smallest absolute Gasteiger partial charge is 0.316 e. The van der Waals surface area contributed by atoms with E-state index in [-0.39, 0.29) is 12.7 Å². The maximum atomic E-state index is 9.16. The van der Waals surface area contributed by atoms with Gasteiger partial charge < -0.3 is 9.84 Å². The third kappa shape index (κ3) is 3.48. The highest BCUT2D eigenvalue weighted by Gasteiger charge is 2.32. The number of aliphatic hydroxyl groups excluding tert-OH is 1. The van der Waals surface area contributed by atoms with Gasteiger partial charge in [-0.3, -0.25) is 0 Å². The predicted molar refractivity (Wildman–Crippen MR) is 78.5 cm³/mol. The van der Waals surface area contributed by atoms with Crippen LogP contribution in [-0.4, -0.2) is 21.2 Å². The Labute approximate surface area is 121 Å². The fraction of sp³-hybridized carbons (Fsp3) is 0.750. The van der Waals surface area contributed by atoms with Crippen LogP contribution in [0.1, 0.15) is 51.3 Å². The van der Waals surface area contributed by atoms with Crippen molar-refractivity contribution in [2.75, 3.05) is 0 Å². The Morgan fingerprint density at radius 3 is 2.75 bits per heavy atom. The van der Waals surface area contributed by atoms with Crippen molar-refractivity contribution >= 4 is 0 Å². The zero-order chi connectivity index (χ0) is 14.7. The Morgan fingerprint density at radius 1 is 1.40 bits per heavy atom. The first-order chi connectivity index (χ1) is 9.51. The Morgan fingerprint density at radius 2 is 2.15 bits per heavy atom. The molecule has 0 radical (unpaired) electrons. The number of nitrogens with zero attached hydrogens (tertiary/aromatic N) is 2. The number of hydrogen-bond donors (Lipinski definition) is 1. The molecule has 0 saturated heterocycles. The molecule has 1 aromatic heterocycles. The van der Waals surface area contributed by atoms with E-state index in [4.69, 9.17) is 9.84 Å². The number of hydrogen-bond acceptors (Lipinski definition) is 4. The fourth-order valence-corrected chi connectivity index (χ4v) is 3.07. The molecule has 0 aliphatic heterocycles. The van der Waals surface area contributed by atoms with Crippen molar-refractivity contribution in [3.63, 3.8) is 0 Å². The molecule has 1 aliphatic rings. The Bertz CT molecular complexity index is 448. The summed E-state index contributed by atoms with van der Waals surface area (Å²) in [6.07, 6.45) is 5.45. The van der Waals surface area contributed by atoms with E-state index in [0.717, 1.165) is 17.7 Å². The minimum atomic E-state index is -0.0266. The molecule has 1 saturated carbocycles. The molecule has 0 amide bonds. The van der Waals surface area contributed by atoms with Gasteiger partial charge in [-0.25, -0.2) is 9.97 Å². The molecule has 1 aliphatic carbocycles. The van der Waals surface area contributed by atoms with Crippen LogP contribution in [0.3, 0.4) is 0 Å². The summed E-state index contributed by atoms with van der Waals surface area (Å²) >= 11 is 0. The topological polar surface area (TPSA) is 55.2 Å². The van der Waals surface area contributed by atoms with Gasteiger partial charge in [0.2, 0.25) is 0 Å². The van der Waals surface area contributed by atoms with Gasteiger partial charge in [-0.15, -0.1) is 0 Å². The summed E-state index contributed by atoms with van der Waals surface area (Å²) in [5.74, 6) is 1.89. The molecule has 2 rings (SSSR count). The van der Waals surface area contributed by atoms with Crippen molar-refractivity contribution in [2.45, 2.75) is 59.7 Å². The standard InChI is InChI=1S/C16H26N2O2/c1-10(2)14-6-5-11(3)7-15(14)20-16-17-8-13(9-19)12(4)18-16/h8,10-11,14-15,19H,5-7,9H2,1-4H3. The van der Waals surface area contributed by atoms with E-state index < -0.39 is 0 Å². The van der Waals surface area contributed by atoms with Crippen LogP contribution in [0, 0.1) is 24.7 Å². The molecule has 0 bridgehead atoms. The van der Waals surface area contributed by atoms with Crippen LogP contribution < -0.4 is 4.74 Å². The first-order valence-electron chi connectivity index (χ1n) is 7.61. The molecule has 0 aromatic carbocycles. The van der Waals surface area contributed by atoms with Gasteiger partial charge in [0.05, 0.1) is 12.3 Å². The van der Waals surface area contributed by atoms with E-state index >= 15 is 0 Å². The van der Waals surface area contributed by atoms with E-state index in [1.165, 1.54) is 12.8 Å². The van der Waals surface area contributed by atoms with Crippen molar-refractivity contribution in [1.29, 1.82) is 0 Å². The minimum absolute atomic E-state index is 0.0266. The van der Waals surface area contributed by atoms with Gasteiger partial charge in [0.15, 0.2) is 0 Å². The summed E-state index contributed by atoms with van der Waals surface area (Å²) < 4.78 is 6.08. The predicted octanol–water partition coefficient (Wildman–Crippen LogP) is 3.12. The number of aliphatic hydroxyl groups is 1. The SMILES string of the molecule is Cc1nc(OC2CC(C)CCC2C(C)C)ncc1CO. The Balaban J connectivity index is 2.11.